The minimum atomic E-state index is -0.437. The molecule has 0 atom stereocenters. The molecule has 0 radical (unpaired) electrons. The fraction of sp³-hybridized carbons (Fsp3) is 0.263. The van der Waals surface area contributed by atoms with Crippen molar-refractivity contribution in [2.24, 2.45) is 0 Å². The predicted molar refractivity (Wildman–Crippen MR) is 103 cm³/mol. The first-order valence-corrected chi connectivity index (χ1v) is 9.35. The van der Waals surface area contributed by atoms with Gasteiger partial charge in [0.25, 0.3) is 0 Å². The van der Waals surface area contributed by atoms with Crippen LogP contribution in [0.4, 0.5) is 0 Å². The average molecular weight is 394 g/mol. The largest absolute Gasteiger partial charge is 0.457 e. The van der Waals surface area contributed by atoms with Crippen LogP contribution in [0.15, 0.2) is 53.4 Å². The van der Waals surface area contributed by atoms with Crippen LogP contribution in [0.5, 0.6) is 0 Å². The number of hydrogen-bond donors (Lipinski definition) is 1. The molecule has 5 nitrogen and oxygen atoms in total. The van der Waals surface area contributed by atoms with E-state index >= 15 is 0 Å². The second-order valence-corrected chi connectivity index (χ2v) is 6.79. The van der Waals surface area contributed by atoms with Crippen molar-refractivity contribution < 1.29 is 19.1 Å². The molecule has 26 heavy (non-hydrogen) atoms. The van der Waals surface area contributed by atoms with Crippen LogP contribution in [0.2, 0.25) is 5.02 Å². The first kappa shape index (κ1) is 20.3. The lowest BCUT2D eigenvalue weighted by Gasteiger charge is -2.10. The zero-order chi connectivity index (χ0) is 18.8. The van der Waals surface area contributed by atoms with Crippen molar-refractivity contribution in [2.45, 2.75) is 11.5 Å². The van der Waals surface area contributed by atoms with Crippen LogP contribution in [-0.4, -0.2) is 37.9 Å². The third-order valence-electron chi connectivity index (χ3n) is 3.35. The Morgan fingerprint density at radius 2 is 1.96 bits per heavy atom. The minimum absolute atomic E-state index is 0.117. The van der Waals surface area contributed by atoms with Gasteiger partial charge in [-0.15, -0.1) is 11.8 Å². The average Bonchev–Trinajstić information content (AvgIpc) is 2.65. The first-order chi connectivity index (χ1) is 12.6. The van der Waals surface area contributed by atoms with E-state index in [2.05, 4.69) is 5.32 Å². The second-order valence-electron chi connectivity index (χ2n) is 5.33. The summed E-state index contributed by atoms with van der Waals surface area (Å²) in [4.78, 5) is 24.9. The molecule has 0 aliphatic rings. The van der Waals surface area contributed by atoms with Crippen LogP contribution < -0.4 is 5.32 Å². The molecule has 0 aliphatic heterocycles. The minimum Gasteiger partial charge on any atom is -0.457 e. The molecular weight excluding hydrogens is 374 g/mol. The number of amides is 1. The molecule has 7 heteroatoms. The number of nitrogens with one attached hydrogen (secondary N) is 1. The number of ether oxygens (including phenoxy) is 2. The number of methoxy groups -OCH3 is 1. The maximum Gasteiger partial charge on any atom is 0.339 e. The highest BCUT2D eigenvalue weighted by atomic mass is 35.5. The molecule has 1 amide bonds. The Kier molecular flexibility index (Phi) is 8.47. The molecule has 2 aromatic carbocycles. The van der Waals surface area contributed by atoms with Crippen molar-refractivity contribution in [3.8, 4) is 0 Å². The van der Waals surface area contributed by atoms with Crippen molar-refractivity contribution in [3.63, 3.8) is 0 Å². The number of carbonyl (C=O) groups excluding carboxylic acids is 2. The van der Waals surface area contributed by atoms with E-state index in [4.69, 9.17) is 21.1 Å². The monoisotopic (exact) mass is 393 g/mol. The van der Waals surface area contributed by atoms with Gasteiger partial charge in [-0.3, -0.25) is 4.79 Å². The van der Waals surface area contributed by atoms with Crippen molar-refractivity contribution in [1.29, 1.82) is 0 Å². The molecule has 0 heterocycles. The van der Waals surface area contributed by atoms with E-state index in [1.165, 1.54) is 11.8 Å². The zero-order valence-corrected chi connectivity index (χ0v) is 15.9. The van der Waals surface area contributed by atoms with Crippen LogP contribution in [0.1, 0.15) is 15.9 Å². The summed E-state index contributed by atoms with van der Waals surface area (Å²) in [5, 5.41) is 3.33. The Hall–Kier alpha value is -2.02. The third-order valence-corrected chi connectivity index (χ3v) is 4.66. The van der Waals surface area contributed by atoms with E-state index < -0.39 is 5.97 Å². The highest BCUT2D eigenvalue weighted by Crippen LogP contribution is 2.23. The summed E-state index contributed by atoms with van der Waals surface area (Å²) in [6, 6.07) is 14.2. The molecule has 0 aromatic heterocycles. The fourth-order valence-corrected chi connectivity index (χ4v) is 3.18. The van der Waals surface area contributed by atoms with Gasteiger partial charge in [-0.05, 0) is 29.8 Å². The molecule has 2 aromatic rings. The van der Waals surface area contributed by atoms with Crippen LogP contribution in [0, 0.1) is 0 Å². The molecule has 0 saturated carbocycles. The van der Waals surface area contributed by atoms with Gasteiger partial charge in [-0.1, -0.05) is 35.9 Å². The third kappa shape index (κ3) is 6.71. The van der Waals surface area contributed by atoms with E-state index in [9.17, 15) is 9.59 Å². The number of thioether (sulfide) groups is 1. The Morgan fingerprint density at radius 3 is 2.73 bits per heavy atom. The van der Waals surface area contributed by atoms with Gasteiger partial charge in [0, 0.05) is 23.6 Å². The lowest BCUT2D eigenvalue weighted by Crippen LogP contribution is -2.28. The van der Waals surface area contributed by atoms with Gasteiger partial charge >= 0.3 is 5.97 Å². The normalized spacial score (nSPS) is 10.4. The molecule has 1 N–H and O–H groups in total. The number of halogens is 1. The van der Waals surface area contributed by atoms with E-state index in [1.807, 2.05) is 12.1 Å². The molecular formula is C19H20ClNO4S. The number of hydrogen-bond acceptors (Lipinski definition) is 5. The van der Waals surface area contributed by atoms with Gasteiger partial charge in [-0.2, -0.15) is 0 Å². The number of benzene rings is 2. The van der Waals surface area contributed by atoms with Crippen molar-refractivity contribution in [1.82, 2.24) is 5.32 Å². The van der Waals surface area contributed by atoms with E-state index in [0.717, 1.165) is 5.56 Å². The maximum absolute atomic E-state index is 12.4. The first-order valence-electron chi connectivity index (χ1n) is 7.99. The summed E-state index contributed by atoms with van der Waals surface area (Å²) >= 11 is 7.22. The van der Waals surface area contributed by atoms with Gasteiger partial charge in [-0.25, -0.2) is 4.79 Å². The van der Waals surface area contributed by atoms with Crippen LogP contribution >= 0.6 is 23.4 Å². The van der Waals surface area contributed by atoms with E-state index in [-0.39, 0.29) is 18.3 Å². The van der Waals surface area contributed by atoms with Crippen LogP contribution in [0.3, 0.4) is 0 Å². The SMILES string of the molecule is COCCNC(=O)CSc1ccccc1C(=O)OCc1cccc(Cl)c1. The topological polar surface area (TPSA) is 64.6 Å². The van der Waals surface area contributed by atoms with Gasteiger partial charge in [0.05, 0.1) is 17.9 Å². The standard InChI is InChI=1S/C19H20ClNO4S/c1-24-10-9-21-18(22)13-26-17-8-3-2-7-16(17)19(23)25-12-14-5-4-6-15(20)11-14/h2-8,11H,9-10,12-13H2,1H3,(H,21,22). The Bertz CT molecular complexity index is 754. The molecule has 2 rings (SSSR count). The van der Waals surface area contributed by atoms with Crippen molar-refractivity contribution >= 4 is 35.2 Å². The van der Waals surface area contributed by atoms with Gasteiger partial charge in [0.2, 0.25) is 5.91 Å². The number of carbonyl (C=O) groups is 2. The maximum atomic E-state index is 12.4. The number of esters is 1. The van der Waals surface area contributed by atoms with Crippen molar-refractivity contribution in [2.75, 3.05) is 26.0 Å². The fourth-order valence-electron chi connectivity index (χ4n) is 2.10. The quantitative estimate of drug-likeness (QED) is 0.401. The summed E-state index contributed by atoms with van der Waals surface area (Å²) in [6.45, 7) is 1.05. The zero-order valence-electron chi connectivity index (χ0n) is 14.4. The van der Waals surface area contributed by atoms with Crippen LogP contribution in [-0.2, 0) is 20.9 Å². The predicted octanol–water partition coefficient (Wildman–Crippen LogP) is 3.55. The molecule has 0 unspecified atom stereocenters. The summed E-state index contributed by atoms with van der Waals surface area (Å²) in [5.41, 5.74) is 1.25. The highest BCUT2D eigenvalue weighted by molar-refractivity contribution is 8.00. The molecule has 0 bridgehead atoms. The Balaban J connectivity index is 1.92. The smallest absolute Gasteiger partial charge is 0.339 e. The summed E-state index contributed by atoms with van der Waals surface area (Å²) < 4.78 is 10.3. The summed E-state index contributed by atoms with van der Waals surface area (Å²) in [7, 11) is 1.58. The summed E-state index contributed by atoms with van der Waals surface area (Å²) in [5.74, 6) is -0.343. The van der Waals surface area contributed by atoms with Crippen molar-refractivity contribution in [3.05, 3.63) is 64.7 Å². The molecule has 0 spiro atoms. The van der Waals surface area contributed by atoms with Gasteiger partial charge in [0.15, 0.2) is 0 Å². The molecule has 138 valence electrons. The van der Waals surface area contributed by atoms with E-state index in [1.54, 1.807) is 43.5 Å². The summed E-state index contributed by atoms with van der Waals surface area (Å²) in [6.07, 6.45) is 0. The number of rotatable bonds is 9. The molecule has 0 fully saturated rings. The van der Waals surface area contributed by atoms with Gasteiger partial charge < -0.3 is 14.8 Å². The van der Waals surface area contributed by atoms with Gasteiger partial charge in [0.1, 0.15) is 6.61 Å². The Morgan fingerprint density at radius 1 is 1.15 bits per heavy atom. The molecule has 0 saturated heterocycles. The second kappa shape index (κ2) is 10.9. The Labute approximate surface area is 162 Å². The lowest BCUT2D eigenvalue weighted by molar-refractivity contribution is -0.118. The lowest BCUT2D eigenvalue weighted by atomic mass is 10.2. The highest BCUT2D eigenvalue weighted by Gasteiger charge is 2.14. The molecule has 0 aliphatic carbocycles. The van der Waals surface area contributed by atoms with Crippen LogP contribution in [0.25, 0.3) is 0 Å². The van der Waals surface area contributed by atoms with E-state index in [0.29, 0.717) is 28.6 Å².